The second-order valence-corrected chi connectivity index (χ2v) is 16.4. The number of carbonyl (C=O) groups excluding carboxylic acids is 2. The summed E-state index contributed by atoms with van der Waals surface area (Å²) in [4.78, 5) is 27.9. The fraction of sp³-hybridized carbons (Fsp3) is 0.750. The number of fused-ring (bicyclic) bond motifs is 1. The number of nitrogens with one attached hydrogen (secondary N) is 1. The molecule has 30 heavy (non-hydrogen) atoms. The molecule has 0 radical (unpaired) electrons. The average Bonchev–Trinajstić information content (AvgIpc) is 3.07. The second kappa shape index (κ2) is 9.15. The molecule has 2 saturated heterocycles. The van der Waals surface area contributed by atoms with Gasteiger partial charge in [0, 0.05) is 29.0 Å². The molecule has 3 aliphatic rings. The molecule has 0 bridgehead atoms. The molecule has 3 aliphatic heterocycles. The molecule has 0 saturated carbocycles. The van der Waals surface area contributed by atoms with Crippen LogP contribution >= 0.6 is 24.0 Å². The molecule has 0 aromatic rings. The van der Waals surface area contributed by atoms with Gasteiger partial charge in [-0.3, -0.25) is 4.79 Å². The predicted molar refractivity (Wildman–Crippen MR) is 120 cm³/mol. The van der Waals surface area contributed by atoms with Crippen molar-refractivity contribution in [3.8, 4) is 0 Å². The Morgan fingerprint density at radius 2 is 2.00 bits per heavy atom. The standard InChI is InChI=1S/C20H32N2O4S2Si.Na/c1-10-15-14(11(2)26-29(6,7)20(3,4)5)18(23)22(15)16(19(24)25)17(10)28-12-8-13(27)21-9-12;/h10-12,14-15H,8-9H2,1-7H3,(H,21,27)(H,24,25);/q;+1/p-1/t10-,11-,12-,14-,15-;/m1./s1. The molecule has 0 aromatic heterocycles. The zero-order valence-electron chi connectivity index (χ0n) is 19.2. The van der Waals surface area contributed by atoms with E-state index in [2.05, 4.69) is 39.2 Å². The second-order valence-electron chi connectivity index (χ2n) is 9.84. The molecule has 10 heteroatoms. The summed E-state index contributed by atoms with van der Waals surface area (Å²) in [6.45, 7) is 15.5. The molecule has 0 aromatic carbocycles. The van der Waals surface area contributed by atoms with Crippen LogP contribution < -0.4 is 40.0 Å². The maximum absolute atomic E-state index is 13.0. The molecular formula is C20H31N2NaO4S2Si. The van der Waals surface area contributed by atoms with E-state index in [-0.39, 0.29) is 75.4 Å². The van der Waals surface area contributed by atoms with Crippen molar-refractivity contribution in [3.63, 3.8) is 0 Å². The van der Waals surface area contributed by atoms with Crippen LogP contribution in [0.2, 0.25) is 18.1 Å². The van der Waals surface area contributed by atoms with Gasteiger partial charge in [0.25, 0.3) is 0 Å². The maximum atomic E-state index is 13.0. The molecular weight excluding hydrogens is 447 g/mol. The molecule has 6 nitrogen and oxygen atoms in total. The van der Waals surface area contributed by atoms with Gasteiger partial charge in [0.1, 0.15) is 0 Å². The summed E-state index contributed by atoms with van der Waals surface area (Å²) in [5.41, 5.74) is 0.0473. The smallest absolute Gasteiger partial charge is 0.543 e. The van der Waals surface area contributed by atoms with Crippen molar-refractivity contribution < 1.29 is 48.7 Å². The van der Waals surface area contributed by atoms with Crippen molar-refractivity contribution in [3.05, 3.63) is 10.6 Å². The first-order chi connectivity index (χ1) is 13.3. The number of rotatable bonds is 6. The Hall–Kier alpha value is 0.0969. The van der Waals surface area contributed by atoms with E-state index in [1.807, 2.05) is 13.8 Å². The van der Waals surface area contributed by atoms with Gasteiger partial charge in [0.2, 0.25) is 5.91 Å². The molecule has 1 amide bonds. The van der Waals surface area contributed by atoms with Gasteiger partial charge in [-0.25, -0.2) is 0 Å². The molecule has 2 fully saturated rings. The van der Waals surface area contributed by atoms with Gasteiger partial charge in [-0.15, -0.1) is 11.8 Å². The van der Waals surface area contributed by atoms with E-state index in [0.717, 1.165) is 16.3 Å². The first kappa shape index (κ1) is 26.4. The van der Waals surface area contributed by atoms with Crippen molar-refractivity contribution in [1.82, 2.24) is 10.2 Å². The minimum absolute atomic E-state index is 0. The number of β-lactam (4-membered cyclic amide) rings is 1. The van der Waals surface area contributed by atoms with Crippen LogP contribution in [0.4, 0.5) is 0 Å². The molecule has 162 valence electrons. The molecule has 5 atom stereocenters. The van der Waals surface area contributed by atoms with Crippen LogP contribution in [0.15, 0.2) is 10.6 Å². The van der Waals surface area contributed by atoms with Crippen LogP contribution in [0.3, 0.4) is 0 Å². The average molecular weight is 479 g/mol. The zero-order valence-corrected chi connectivity index (χ0v) is 23.8. The Morgan fingerprint density at radius 1 is 1.40 bits per heavy atom. The van der Waals surface area contributed by atoms with E-state index in [1.165, 1.54) is 16.7 Å². The number of carboxylic acid groups (broad SMARTS) is 1. The third kappa shape index (κ3) is 4.58. The number of hydrogen-bond donors (Lipinski definition) is 1. The van der Waals surface area contributed by atoms with E-state index >= 15 is 0 Å². The number of thiocarbonyl (C=S) groups is 1. The minimum Gasteiger partial charge on any atom is -0.543 e. The monoisotopic (exact) mass is 478 g/mol. The summed E-state index contributed by atoms with van der Waals surface area (Å²) in [6, 6.07) is -0.181. The summed E-state index contributed by atoms with van der Waals surface area (Å²) in [5, 5.41) is 15.3. The molecule has 3 rings (SSSR count). The van der Waals surface area contributed by atoms with Gasteiger partial charge in [-0.2, -0.15) is 0 Å². The Bertz CT molecular complexity index is 783. The van der Waals surface area contributed by atoms with E-state index in [4.69, 9.17) is 16.6 Å². The van der Waals surface area contributed by atoms with Gasteiger partial charge >= 0.3 is 29.6 Å². The van der Waals surface area contributed by atoms with Gasteiger partial charge in [-0.1, -0.05) is 39.9 Å². The minimum atomic E-state index is -2.04. The Kier molecular flexibility index (Phi) is 8.04. The van der Waals surface area contributed by atoms with Gasteiger partial charge in [0.15, 0.2) is 8.32 Å². The number of nitrogens with zero attached hydrogens (tertiary/aromatic N) is 1. The third-order valence-electron chi connectivity index (χ3n) is 6.81. The number of aliphatic carboxylic acids is 1. The largest absolute Gasteiger partial charge is 1.00 e. The number of thioether (sulfide) groups is 1. The van der Waals surface area contributed by atoms with E-state index < -0.39 is 14.3 Å². The Labute approximate surface area is 212 Å². The summed E-state index contributed by atoms with van der Waals surface area (Å²) >= 11 is 6.74. The van der Waals surface area contributed by atoms with Gasteiger partial charge < -0.3 is 24.5 Å². The molecule has 0 spiro atoms. The number of carbonyl (C=O) groups is 2. The maximum Gasteiger partial charge on any atom is 1.00 e. The summed E-state index contributed by atoms with van der Waals surface area (Å²) in [7, 11) is -2.04. The normalized spacial score (nSPS) is 29.9. The third-order valence-corrected chi connectivity index (χ3v) is 13.2. The molecule has 3 heterocycles. The topological polar surface area (TPSA) is 81.7 Å². The van der Waals surface area contributed by atoms with Gasteiger partial charge in [-0.05, 0) is 25.1 Å². The zero-order chi connectivity index (χ0) is 21.9. The summed E-state index contributed by atoms with van der Waals surface area (Å²) in [5.74, 6) is -1.83. The first-order valence-corrected chi connectivity index (χ1v) is 14.4. The number of amides is 1. The quantitative estimate of drug-likeness (QED) is 0.306. The molecule has 0 unspecified atom stereocenters. The van der Waals surface area contributed by atoms with Crippen molar-refractivity contribution in [2.45, 2.75) is 76.6 Å². The summed E-state index contributed by atoms with van der Waals surface area (Å²) in [6.07, 6.45) is 0.476. The predicted octanol–water partition coefficient (Wildman–Crippen LogP) is -0.739. The van der Waals surface area contributed by atoms with E-state index in [0.29, 0.717) is 6.54 Å². The Morgan fingerprint density at radius 3 is 2.47 bits per heavy atom. The molecule has 0 aliphatic carbocycles. The van der Waals surface area contributed by atoms with Crippen molar-refractivity contribution in [1.29, 1.82) is 0 Å². The Balaban J connectivity index is 0.00000320. The number of hydrogen-bond acceptors (Lipinski definition) is 6. The van der Waals surface area contributed by atoms with Crippen LogP contribution in [0.5, 0.6) is 0 Å². The van der Waals surface area contributed by atoms with Crippen LogP contribution in [0.1, 0.15) is 41.0 Å². The first-order valence-electron chi connectivity index (χ1n) is 10.2. The molecule has 1 N–H and O–H groups in total. The number of carboxylic acids is 1. The van der Waals surface area contributed by atoms with Gasteiger partial charge in [0.05, 0.1) is 34.7 Å². The van der Waals surface area contributed by atoms with Crippen LogP contribution in [0.25, 0.3) is 0 Å². The van der Waals surface area contributed by atoms with E-state index in [9.17, 15) is 14.7 Å². The fourth-order valence-corrected chi connectivity index (χ4v) is 7.46. The SMILES string of the molecule is C[C@@H](O[Si](C)(C)C(C)(C)C)[C@H]1C(=O)N2C(C(=O)[O-])=C(S[C@H]3CNC(=S)C3)[C@H](C)[C@H]12.[Na+]. The van der Waals surface area contributed by atoms with Crippen molar-refractivity contribution in [2.24, 2.45) is 11.8 Å². The fourth-order valence-electron chi connectivity index (χ4n) is 4.21. The van der Waals surface area contributed by atoms with Crippen LogP contribution in [-0.4, -0.2) is 54.0 Å². The van der Waals surface area contributed by atoms with Crippen LogP contribution in [0, 0.1) is 11.8 Å². The van der Waals surface area contributed by atoms with Crippen LogP contribution in [-0.2, 0) is 14.0 Å². The van der Waals surface area contributed by atoms with Crippen molar-refractivity contribution in [2.75, 3.05) is 6.54 Å². The van der Waals surface area contributed by atoms with E-state index in [1.54, 1.807) is 0 Å². The van der Waals surface area contributed by atoms with Crippen molar-refractivity contribution >= 4 is 49.2 Å². The summed E-state index contributed by atoms with van der Waals surface area (Å²) < 4.78 is 6.49.